The molecule has 0 amide bonds. The summed E-state index contributed by atoms with van der Waals surface area (Å²) in [5.74, 6) is 0.887. The van der Waals surface area contributed by atoms with Crippen LogP contribution in [0.5, 0.6) is 5.75 Å². The normalized spacial score (nSPS) is 13.6. The van der Waals surface area contributed by atoms with E-state index in [1.165, 1.54) is 0 Å². The molecule has 1 aromatic rings. The molecule has 0 aliphatic carbocycles. The molecule has 0 aliphatic heterocycles. The summed E-state index contributed by atoms with van der Waals surface area (Å²) in [6.07, 6.45) is 1.05. The first-order chi connectivity index (χ1) is 7.10. The first-order valence-corrected chi connectivity index (χ1v) is 5.37. The summed E-state index contributed by atoms with van der Waals surface area (Å²) < 4.78 is 11.3. The molecule has 0 N–H and O–H groups in total. The van der Waals surface area contributed by atoms with Gasteiger partial charge in [0.15, 0.2) is 0 Å². The molecule has 2 nitrogen and oxygen atoms in total. The zero-order valence-corrected chi connectivity index (χ0v) is 9.99. The van der Waals surface area contributed by atoms with Crippen molar-refractivity contribution in [2.24, 2.45) is 0 Å². The highest BCUT2D eigenvalue weighted by Gasteiger charge is 2.30. The van der Waals surface area contributed by atoms with Gasteiger partial charge < -0.3 is 9.47 Å². The monoisotopic (exact) mass is 208 g/mol. The van der Waals surface area contributed by atoms with Crippen molar-refractivity contribution < 1.29 is 9.47 Å². The van der Waals surface area contributed by atoms with Crippen molar-refractivity contribution in [2.75, 3.05) is 7.11 Å². The van der Waals surface area contributed by atoms with Crippen LogP contribution in [0, 0.1) is 0 Å². The molecule has 1 atom stereocenters. The fourth-order valence-corrected chi connectivity index (χ4v) is 1.80. The minimum absolute atomic E-state index is 0.109. The van der Waals surface area contributed by atoms with Crippen LogP contribution in [0.15, 0.2) is 30.3 Å². The maximum absolute atomic E-state index is 5.92. The predicted octanol–water partition coefficient (Wildman–Crippen LogP) is 3.27. The number of benzene rings is 1. The molecule has 2 heteroatoms. The summed E-state index contributed by atoms with van der Waals surface area (Å²) >= 11 is 0. The van der Waals surface area contributed by atoms with Crippen LogP contribution < -0.4 is 4.74 Å². The molecule has 0 saturated heterocycles. The molecule has 1 aromatic carbocycles. The highest BCUT2D eigenvalue weighted by Crippen LogP contribution is 2.23. The highest BCUT2D eigenvalue weighted by molar-refractivity contribution is 5.22. The van der Waals surface area contributed by atoms with Gasteiger partial charge in [0.2, 0.25) is 0 Å². The molecule has 0 fully saturated rings. The standard InChI is InChI=1S/C13H20O2/c1-5-12(14-4)13(2,3)15-11-9-7-6-8-10-11/h6-10,12H,5H2,1-4H3. The van der Waals surface area contributed by atoms with Gasteiger partial charge in [0, 0.05) is 7.11 Å². The zero-order valence-electron chi connectivity index (χ0n) is 9.99. The molecule has 0 bridgehead atoms. The van der Waals surface area contributed by atoms with Gasteiger partial charge in [-0.05, 0) is 32.4 Å². The lowest BCUT2D eigenvalue weighted by molar-refractivity contribution is -0.0542. The Morgan fingerprint density at radius 2 is 1.80 bits per heavy atom. The lowest BCUT2D eigenvalue weighted by Crippen LogP contribution is -2.42. The minimum atomic E-state index is -0.301. The number of methoxy groups -OCH3 is 1. The second-order valence-electron chi connectivity index (χ2n) is 4.15. The third-order valence-corrected chi connectivity index (χ3v) is 2.55. The van der Waals surface area contributed by atoms with Gasteiger partial charge in [-0.2, -0.15) is 0 Å². The van der Waals surface area contributed by atoms with Gasteiger partial charge in [0.1, 0.15) is 11.4 Å². The Balaban J connectivity index is 2.71. The summed E-state index contributed by atoms with van der Waals surface area (Å²) in [5, 5.41) is 0. The summed E-state index contributed by atoms with van der Waals surface area (Å²) in [7, 11) is 1.73. The van der Waals surface area contributed by atoms with E-state index < -0.39 is 0 Å². The zero-order chi connectivity index (χ0) is 11.3. The summed E-state index contributed by atoms with van der Waals surface area (Å²) in [6, 6.07) is 9.85. The van der Waals surface area contributed by atoms with Crippen molar-refractivity contribution in [3.05, 3.63) is 30.3 Å². The van der Waals surface area contributed by atoms with Crippen molar-refractivity contribution in [3.8, 4) is 5.75 Å². The van der Waals surface area contributed by atoms with E-state index in [2.05, 4.69) is 20.8 Å². The molecule has 15 heavy (non-hydrogen) atoms. The fraction of sp³-hybridized carbons (Fsp3) is 0.538. The third kappa shape index (κ3) is 3.24. The van der Waals surface area contributed by atoms with E-state index in [0.717, 1.165) is 12.2 Å². The first kappa shape index (κ1) is 12.1. The van der Waals surface area contributed by atoms with Gasteiger partial charge in [0.05, 0.1) is 6.10 Å². The van der Waals surface area contributed by atoms with Crippen LogP contribution in [-0.2, 0) is 4.74 Å². The molecule has 0 spiro atoms. The van der Waals surface area contributed by atoms with Crippen LogP contribution in [0.3, 0.4) is 0 Å². The fourth-order valence-electron chi connectivity index (χ4n) is 1.80. The topological polar surface area (TPSA) is 18.5 Å². The second kappa shape index (κ2) is 5.17. The highest BCUT2D eigenvalue weighted by atomic mass is 16.5. The molecule has 0 aromatic heterocycles. The molecule has 1 unspecified atom stereocenters. The van der Waals surface area contributed by atoms with Crippen molar-refractivity contribution >= 4 is 0 Å². The molecule has 0 aliphatic rings. The molecule has 0 radical (unpaired) electrons. The van der Waals surface area contributed by atoms with Gasteiger partial charge >= 0.3 is 0 Å². The Labute approximate surface area is 92.2 Å². The molecule has 1 rings (SSSR count). The average Bonchev–Trinajstić information content (AvgIpc) is 2.19. The van der Waals surface area contributed by atoms with Gasteiger partial charge in [-0.1, -0.05) is 25.1 Å². The van der Waals surface area contributed by atoms with Crippen molar-refractivity contribution in [1.29, 1.82) is 0 Å². The molecule has 84 valence electrons. The first-order valence-electron chi connectivity index (χ1n) is 5.37. The smallest absolute Gasteiger partial charge is 0.129 e. The Bertz CT molecular complexity index is 276. The van der Waals surface area contributed by atoms with E-state index in [-0.39, 0.29) is 11.7 Å². The molecule has 0 saturated carbocycles. The molecular weight excluding hydrogens is 188 g/mol. The molecular formula is C13H20O2. The Morgan fingerprint density at radius 3 is 2.27 bits per heavy atom. The van der Waals surface area contributed by atoms with E-state index in [1.54, 1.807) is 7.11 Å². The van der Waals surface area contributed by atoms with Crippen LogP contribution in [-0.4, -0.2) is 18.8 Å². The average molecular weight is 208 g/mol. The number of para-hydroxylation sites is 1. The van der Waals surface area contributed by atoms with Gasteiger partial charge in [0.25, 0.3) is 0 Å². The van der Waals surface area contributed by atoms with Gasteiger partial charge in [-0.25, -0.2) is 0 Å². The maximum Gasteiger partial charge on any atom is 0.129 e. The maximum atomic E-state index is 5.92. The van der Waals surface area contributed by atoms with Crippen LogP contribution in [0.25, 0.3) is 0 Å². The van der Waals surface area contributed by atoms with E-state index in [9.17, 15) is 0 Å². The number of hydrogen-bond acceptors (Lipinski definition) is 2. The van der Waals surface area contributed by atoms with Crippen molar-refractivity contribution in [1.82, 2.24) is 0 Å². The number of ether oxygens (including phenoxy) is 2. The van der Waals surface area contributed by atoms with E-state index in [4.69, 9.17) is 9.47 Å². The SMILES string of the molecule is CCC(OC)C(C)(C)Oc1ccccc1. The van der Waals surface area contributed by atoms with E-state index in [0.29, 0.717) is 0 Å². The number of rotatable bonds is 5. The van der Waals surface area contributed by atoms with Crippen LogP contribution in [0.1, 0.15) is 27.2 Å². The lowest BCUT2D eigenvalue weighted by atomic mass is 9.99. The molecule has 0 heterocycles. The Morgan fingerprint density at radius 1 is 1.20 bits per heavy atom. The Hall–Kier alpha value is -1.02. The second-order valence-corrected chi connectivity index (χ2v) is 4.15. The van der Waals surface area contributed by atoms with E-state index in [1.807, 2.05) is 30.3 Å². The van der Waals surface area contributed by atoms with Crippen molar-refractivity contribution in [3.63, 3.8) is 0 Å². The van der Waals surface area contributed by atoms with Crippen LogP contribution in [0.4, 0.5) is 0 Å². The third-order valence-electron chi connectivity index (χ3n) is 2.55. The predicted molar refractivity (Wildman–Crippen MR) is 62.2 cm³/mol. The van der Waals surface area contributed by atoms with Crippen molar-refractivity contribution in [2.45, 2.75) is 38.9 Å². The van der Waals surface area contributed by atoms with E-state index >= 15 is 0 Å². The lowest BCUT2D eigenvalue weighted by Gasteiger charge is -2.33. The summed E-state index contributed by atoms with van der Waals surface area (Å²) in [5.41, 5.74) is -0.301. The van der Waals surface area contributed by atoms with Crippen LogP contribution in [0.2, 0.25) is 0 Å². The van der Waals surface area contributed by atoms with Gasteiger partial charge in [-0.15, -0.1) is 0 Å². The Kier molecular flexibility index (Phi) is 4.15. The largest absolute Gasteiger partial charge is 0.485 e. The number of hydrogen-bond donors (Lipinski definition) is 0. The quantitative estimate of drug-likeness (QED) is 0.739. The minimum Gasteiger partial charge on any atom is -0.485 e. The summed E-state index contributed by atoms with van der Waals surface area (Å²) in [4.78, 5) is 0. The van der Waals surface area contributed by atoms with Crippen LogP contribution >= 0.6 is 0 Å². The summed E-state index contributed by atoms with van der Waals surface area (Å²) in [6.45, 7) is 6.21. The van der Waals surface area contributed by atoms with Gasteiger partial charge in [-0.3, -0.25) is 0 Å².